The van der Waals surface area contributed by atoms with Gasteiger partial charge in [-0.15, -0.1) is 0 Å². The van der Waals surface area contributed by atoms with E-state index in [1.807, 2.05) is 118 Å². The van der Waals surface area contributed by atoms with Crippen LogP contribution in [0, 0.1) is 47.1 Å². The molecule has 0 aliphatic carbocycles. The molecule has 12 rings (SSSR count). The van der Waals surface area contributed by atoms with Crippen molar-refractivity contribution >= 4 is 55.0 Å². The number of nitrogens with zero attached hydrogens (tertiary/aromatic N) is 7. The average molecular weight is 982 g/mol. The van der Waals surface area contributed by atoms with Gasteiger partial charge >= 0.3 is 6.18 Å². The molecule has 0 aliphatic heterocycles. The monoisotopic (exact) mass is 981 g/mol. The Hall–Kier alpha value is -11.0. The van der Waals surface area contributed by atoms with Gasteiger partial charge in [0.1, 0.15) is 6.07 Å². The molecule has 0 amide bonds. The Balaban J connectivity index is 1.15. The number of hydrogen-bond donors (Lipinski definition) is 0. The minimum absolute atomic E-state index is 0.0785. The summed E-state index contributed by atoms with van der Waals surface area (Å²) in [6, 6.07) is 68.7. The lowest BCUT2D eigenvalue weighted by molar-refractivity contribution is -0.137. The van der Waals surface area contributed by atoms with E-state index in [1.165, 1.54) is 12.1 Å². The minimum atomic E-state index is -4.76. The molecule has 0 fully saturated rings. The van der Waals surface area contributed by atoms with Crippen LogP contribution in [0.25, 0.3) is 120 Å². The number of nitriles is 3. The summed E-state index contributed by atoms with van der Waals surface area (Å²) in [5, 5.41) is 33.7. The van der Waals surface area contributed by atoms with Crippen molar-refractivity contribution in [2.24, 2.45) is 0 Å². The van der Waals surface area contributed by atoms with E-state index in [4.69, 9.17) is 13.1 Å². The Morgan fingerprint density at radius 1 is 0.368 bits per heavy atom. The van der Waals surface area contributed by atoms with Crippen LogP contribution in [0.4, 0.5) is 24.5 Å². The smallest absolute Gasteiger partial charge is 0.309 e. The molecule has 0 saturated heterocycles. The summed E-state index contributed by atoms with van der Waals surface area (Å²) in [7, 11) is 0. The second-order valence-corrected chi connectivity index (χ2v) is 18.3. The van der Waals surface area contributed by atoms with Crippen LogP contribution in [-0.4, -0.2) is 9.13 Å². The van der Waals surface area contributed by atoms with E-state index in [0.717, 1.165) is 72.1 Å². The number of hydrogen-bond acceptors (Lipinski definition) is 3. The molecule has 354 valence electrons. The molecule has 0 bridgehead atoms. The third-order valence-corrected chi connectivity index (χ3v) is 14.1. The molecule has 0 saturated carbocycles. The highest BCUT2D eigenvalue weighted by Gasteiger charge is 2.35. The van der Waals surface area contributed by atoms with Gasteiger partial charge in [-0.25, -0.2) is 9.69 Å². The Morgan fingerprint density at radius 3 is 1.08 bits per heavy atom. The van der Waals surface area contributed by atoms with Crippen molar-refractivity contribution in [1.82, 2.24) is 9.13 Å². The van der Waals surface area contributed by atoms with Crippen molar-refractivity contribution in [1.29, 1.82) is 15.8 Å². The maximum absolute atomic E-state index is 15.5. The predicted octanol–water partition coefficient (Wildman–Crippen LogP) is 18.0. The molecule has 7 nitrogen and oxygen atoms in total. The molecule has 10 heteroatoms. The maximum atomic E-state index is 15.5. The molecule has 2 aromatic heterocycles. The van der Waals surface area contributed by atoms with E-state index in [9.17, 15) is 15.8 Å². The van der Waals surface area contributed by atoms with Crippen molar-refractivity contribution in [2.75, 3.05) is 0 Å². The number of aromatic nitrogens is 2. The van der Waals surface area contributed by atoms with E-state index in [1.54, 1.807) is 66.7 Å². The van der Waals surface area contributed by atoms with E-state index in [-0.39, 0.29) is 16.7 Å². The first-order valence-corrected chi connectivity index (χ1v) is 23.9. The molecule has 10 aromatic carbocycles. The number of fused-ring (bicyclic) bond motifs is 6. The summed E-state index contributed by atoms with van der Waals surface area (Å²) < 4.78 is 50.3. The van der Waals surface area contributed by atoms with Crippen LogP contribution in [0.5, 0.6) is 0 Å². The number of halogens is 3. The van der Waals surface area contributed by atoms with Gasteiger partial charge in [0.05, 0.1) is 81.0 Å². The van der Waals surface area contributed by atoms with Crippen LogP contribution < -0.4 is 0 Å². The Bertz CT molecular complexity index is 4360. The second-order valence-electron chi connectivity index (χ2n) is 18.3. The van der Waals surface area contributed by atoms with Gasteiger partial charge in [-0.05, 0) is 141 Å². The Morgan fingerprint density at radius 2 is 0.724 bits per heavy atom. The van der Waals surface area contributed by atoms with Crippen LogP contribution in [0.1, 0.15) is 22.3 Å². The molecule has 0 N–H and O–H groups in total. The summed E-state index contributed by atoms with van der Waals surface area (Å²) in [6.07, 6.45) is -4.76. The number of alkyl halides is 3. The summed E-state index contributed by atoms with van der Waals surface area (Å²) in [4.78, 5) is 7.12. The van der Waals surface area contributed by atoms with Crippen molar-refractivity contribution in [3.05, 3.63) is 251 Å². The molecule has 76 heavy (non-hydrogen) atoms. The van der Waals surface area contributed by atoms with Gasteiger partial charge in [0.2, 0.25) is 0 Å². The highest BCUT2D eigenvalue weighted by molar-refractivity contribution is 6.14. The lowest BCUT2D eigenvalue weighted by Crippen LogP contribution is -2.09. The van der Waals surface area contributed by atoms with Crippen molar-refractivity contribution in [3.8, 4) is 85.2 Å². The second kappa shape index (κ2) is 18.3. The van der Waals surface area contributed by atoms with Crippen molar-refractivity contribution in [3.63, 3.8) is 0 Å². The molecule has 12 aromatic rings. The normalized spacial score (nSPS) is 11.3. The molecule has 0 unspecified atom stereocenters. The quantitative estimate of drug-likeness (QED) is 0.149. The highest BCUT2D eigenvalue weighted by atomic mass is 19.4. The lowest BCUT2D eigenvalue weighted by atomic mass is 9.95. The average Bonchev–Trinajstić information content (AvgIpc) is 4.15. The fraction of sp³-hybridized carbons (Fsp3) is 0.0152. The first-order chi connectivity index (χ1) is 37.0. The van der Waals surface area contributed by atoms with Gasteiger partial charge in [-0.2, -0.15) is 29.0 Å². The Kier molecular flexibility index (Phi) is 11.1. The van der Waals surface area contributed by atoms with Gasteiger partial charge in [0, 0.05) is 27.1 Å². The van der Waals surface area contributed by atoms with Gasteiger partial charge in [-0.3, -0.25) is 0 Å². The van der Waals surface area contributed by atoms with Crippen LogP contribution in [0.2, 0.25) is 0 Å². The lowest BCUT2D eigenvalue weighted by Gasteiger charge is -2.21. The fourth-order valence-corrected chi connectivity index (χ4v) is 10.4. The largest absolute Gasteiger partial charge is 0.417 e. The Labute approximate surface area is 433 Å². The number of rotatable bonds is 7. The van der Waals surface area contributed by atoms with E-state index in [0.29, 0.717) is 55.9 Å². The zero-order valence-electron chi connectivity index (χ0n) is 39.9. The first kappa shape index (κ1) is 46.1. The maximum Gasteiger partial charge on any atom is 0.417 e. The van der Waals surface area contributed by atoms with Crippen LogP contribution in [0.15, 0.2) is 206 Å². The highest BCUT2D eigenvalue weighted by Crippen LogP contribution is 2.46. The van der Waals surface area contributed by atoms with E-state index >= 15 is 13.2 Å². The molecule has 0 aliphatic rings. The van der Waals surface area contributed by atoms with Gasteiger partial charge in [0.25, 0.3) is 0 Å². The predicted molar refractivity (Wildman–Crippen MR) is 294 cm³/mol. The van der Waals surface area contributed by atoms with Crippen LogP contribution in [-0.2, 0) is 6.18 Å². The zero-order chi connectivity index (χ0) is 52.2. The molecule has 2 heterocycles. The standard InChI is InChI=1S/C66H34F3N7/c1-73-51-23-15-44(16-24-51)48-19-27-60-54(33-48)55-34-49(45-17-25-52(74-2)26-18-45)20-28-61(55)75(60)64-36-58(53-5-3-4-6-59(53)66(67,68)69)65(35-50(64)39-72)76-62-29-21-46(42-11-7-40(37-70)8-12-42)31-56(62)57-32-47(22-30-63(57)76)43-13-9-41(38-71)10-14-43/h3-36H. The number of benzene rings is 10. The van der Waals surface area contributed by atoms with Gasteiger partial charge < -0.3 is 9.13 Å². The fourth-order valence-electron chi connectivity index (χ4n) is 10.4. The molecule has 0 spiro atoms. The van der Waals surface area contributed by atoms with Crippen LogP contribution in [0.3, 0.4) is 0 Å². The van der Waals surface area contributed by atoms with Crippen molar-refractivity contribution in [2.45, 2.75) is 6.18 Å². The zero-order valence-corrected chi connectivity index (χ0v) is 39.9. The molecular weight excluding hydrogens is 948 g/mol. The van der Waals surface area contributed by atoms with E-state index < -0.39 is 11.7 Å². The van der Waals surface area contributed by atoms with Gasteiger partial charge in [-0.1, -0.05) is 115 Å². The summed E-state index contributed by atoms with van der Waals surface area (Å²) in [5.41, 5.74) is 12.0. The SMILES string of the molecule is [C-]#[N+]c1ccc(-c2ccc3c(c2)c2cc(-c4ccc([N+]#[C-])cc4)ccc2n3-c2cc(-c3ccccc3C(F)(F)F)c(-n3c4ccc(-c5ccc(C#N)cc5)cc4c4cc(-c5ccc(C#N)cc5)ccc43)cc2C#N)cc1. The summed E-state index contributed by atoms with van der Waals surface area (Å²) in [6.45, 7) is 15.0. The third-order valence-electron chi connectivity index (χ3n) is 14.1. The third kappa shape index (κ3) is 7.83. The minimum Gasteiger partial charge on any atom is -0.309 e. The van der Waals surface area contributed by atoms with Crippen molar-refractivity contribution < 1.29 is 13.2 Å². The topological polar surface area (TPSA) is 89.9 Å². The van der Waals surface area contributed by atoms with E-state index in [2.05, 4.69) is 40.0 Å². The summed E-state index contributed by atoms with van der Waals surface area (Å²) in [5.74, 6) is 0. The van der Waals surface area contributed by atoms with Crippen LogP contribution >= 0.6 is 0 Å². The van der Waals surface area contributed by atoms with Gasteiger partial charge in [0.15, 0.2) is 11.4 Å². The molecular formula is C66H34F3N7. The first-order valence-electron chi connectivity index (χ1n) is 23.9. The summed E-state index contributed by atoms with van der Waals surface area (Å²) >= 11 is 0. The molecule has 0 radical (unpaired) electrons. The molecule has 0 atom stereocenters.